The summed E-state index contributed by atoms with van der Waals surface area (Å²) in [5.74, 6) is 1.29. The van der Waals surface area contributed by atoms with Crippen LogP contribution in [0.15, 0.2) is 28.9 Å². The van der Waals surface area contributed by atoms with Crippen LogP contribution in [0.25, 0.3) is 0 Å². The van der Waals surface area contributed by atoms with Crippen molar-refractivity contribution in [1.82, 2.24) is 24.9 Å². The van der Waals surface area contributed by atoms with Crippen molar-refractivity contribution in [3.8, 4) is 0 Å². The zero-order valence-electron chi connectivity index (χ0n) is 16.5. The highest BCUT2D eigenvalue weighted by Gasteiger charge is 2.36. The van der Waals surface area contributed by atoms with Gasteiger partial charge in [-0.25, -0.2) is 0 Å². The number of ether oxygens (including phenoxy) is 1. The van der Waals surface area contributed by atoms with E-state index in [0.717, 1.165) is 12.8 Å². The quantitative estimate of drug-likeness (QED) is 0.717. The molecule has 2 fully saturated rings. The Morgan fingerprint density at radius 2 is 2.03 bits per heavy atom. The van der Waals surface area contributed by atoms with Crippen LogP contribution in [-0.4, -0.2) is 76.6 Å². The molecule has 2 saturated heterocycles. The monoisotopic (exact) mass is 399 g/mol. The lowest BCUT2D eigenvalue weighted by atomic mass is 9.99. The van der Waals surface area contributed by atoms with Crippen LogP contribution in [0.3, 0.4) is 0 Å². The van der Waals surface area contributed by atoms with Gasteiger partial charge in [0.05, 0.1) is 5.92 Å². The number of likely N-dealkylation sites (N-methyl/N-ethyl adjacent to an activating group) is 1. The summed E-state index contributed by atoms with van der Waals surface area (Å²) in [7, 11) is 1.81. The fourth-order valence-electron chi connectivity index (χ4n) is 3.62. The van der Waals surface area contributed by atoms with Gasteiger partial charge in [0.15, 0.2) is 5.82 Å². The highest BCUT2D eigenvalue weighted by atomic mass is 16.5. The fourth-order valence-corrected chi connectivity index (χ4v) is 3.62. The number of rotatable bonds is 6. The summed E-state index contributed by atoms with van der Waals surface area (Å²) in [4.78, 5) is 36.8. The average molecular weight is 399 g/mol. The second-order valence-corrected chi connectivity index (χ2v) is 7.57. The molecule has 0 bridgehead atoms. The van der Waals surface area contributed by atoms with Gasteiger partial charge in [-0.15, -0.1) is 0 Å². The number of pyridine rings is 1. The van der Waals surface area contributed by atoms with Gasteiger partial charge in [-0.3, -0.25) is 14.6 Å². The molecule has 154 valence electrons. The van der Waals surface area contributed by atoms with E-state index in [1.807, 2.05) is 7.05 Å². The molecule has 0 radical (unpaired) electrons. The van der Waals surface area contributed by atoms with Crippen LogP contribution in [0, 0.1) is 5.92 Å². The molecule has 0 aliphatic carbocycles. The first kappa shape index (κ1) is 19.5. The molecule has 2 aliphatic heterocycles. The van der Waals surface area contributed by atoms with Crippen molar-refractivity contribution in [1.29, 1.82) is 0 Å². The lowest BCUT2D eigenvalue weighted by molar-refractivity contribution is -0.137. The van der Waals surface area contributed by atoms with Crippen molar-refractivity contribution in [2.24, 2.45) is 5.92 Å². The first-order valence-electron chi connectivity index (χ1n) is 9.97. The number of carbonyl (C=O) groups excluding carboxylic acids is 2. The van der Waals surface area contributed by atoms with Crippen LogP contribution in [0.2, 0.25) is 0 Å². The molecule has 2 aliphatic rings. The largest absolute Gasteiger partial charge is 0.381 e. The van der Waals surface area contributed by atoms with Crippen molar-refractivity contribution in [2.45, 2.75) is 25.2 Å². The smallest absolute Gasteiger partial charge is 0.272 e. The van der Waals surface area contributed by atoms with Gasteiger partial charge >= 0.3 is 0 Å². The molecule has 9 nitrogen and oxygen atoms in total. The van der Waals surface area contributed by atoms with Gasteiger partial charge in [-0.05, 0) is 25.0 Å². The first-order valence-corrected chi connectivity index (χ1v) is 9.97. The van der Waals surface area contributed by atoms with E-state index < -0.39 is 0 Å². The summed E-state index contributed by atoms with van der Waals surface area (Å²) in [6.45, 7) is 2.93. The summed E-state index contributed by atoms with van der Waals surface area (Å²) in [6, 6.07) is 5.29. The summed E-state index contributed by atoms with van der Waals surface area (Å²) >= 11 is 0. The molecule has 0 spiro atoms. The van der Waals surface area contributed by atoms with Crippen LogP contribution >= 0.6 is 0 Å². The summed E-state index contributed by atoms with van der Waals surface area (Å²) in [5, 5.41) is 4.03. The normalized spacial score (nSPS) is 17.8. The van der Waals surface area contributed by atoms with Crippen molar-refractivity contribution < 1.29 is 18.8 Å². The van der Waals surface area contributed by atoms with Gasteiger partial charge in [0, 0.05) is 58.4 Å². The van der Waals surface area contributed by atoms with Gasteiger partial charge in [-0.2, -0.15) is 4.98 Å². The van der Waals surface area contributed by atoms with Crippen LogP contribution in [-0.2, 0) is 16.0 Å². The Morgan fingerprint density at radius 1 is 1.24 bits per heavy atom. The zero-order valence-corrected chi connectivity index (χ0v) is 16.5. The summed E-state index contributed by atoms with van der Waals surface area (Å²) < 4.78 is 10.7. The van der Waals surface area contributed by atoms with Crippen LogP contribution in [0.5, 0.6) is 0 Å². The maximum absolute atomic E-state index is 12.5. The molecule has 0 N–H and O–H groups in total. The van der Waals surface area contributed by atoms with Crippen molar-refractivity contribution >= 4 is 11.8 Å². The maximum Gasteiger partial charge on any atom is 0.272 e. The Bertz CT molecular complexity index is 844. The number of nitrogens with zero attached hydrogens (tertiary/aromatic N) is 5. The SMILES string of the molecule is CN(CCc1noc(C2CN(C(=O)c3ccccn3)C2)n1)C(=O)C1CCOCC1. The zero-order chi connectivity index (χ0) is 20.2. The van der Waals surface area contributed by atoms with Gasteiger partial charge in [0.25, 0.3) is 5.91 Å². The first-order chi connectivity index (χ1) is 14.1. The number of hydrogen-bond donors (Lipinski definition) is 0. The molecule has 9 heteroatoms. The van der Waals surface area contributed by atoms with E-state index in [-0.39, 0.29) is 23.7 Å². The molecule has 4 rings (SSSR count). The minimum atomic E-state index is -0.0881. The fraction of sp³-hybridized carbons (Fsp3) is 0.550. The van der Waals surface area contributed by atoms with E-state index in [9.17, 15) is 9.59 Å². The van der Waals surface area contributed by atoms with E-state index in [4.69, 9.17) is 9.26 Å². The number of aromatic nitrogens is 3. The standard InChI is InChI=1S/C20H25N5O4/c1-24(19(26)14-6-10-28-11-7-14)9-5-17-22-18(29-23-17)15-12-25(13-15)20(27)16-4-2-3-8-21-16/h2-4,8,14-15H,5-7,9-13H2,1H3. The Morgan fingerprint density at radius 3 is 2.76 bits per heavy atom. The maximum atomic E-state index is 12.5. The molecule has 0 saturated carbocycles. The molecule has 4 heterocycles. The van der Waals surface area contributed by atoms with Crippen molar-refractivity contribution in [3.63, 3.8) is 0 Å². The number of amides is 2. The minimum Gasteiger partial charge on any atom is -0.381 e. The third-order valence-electron chi connectivity index (χ3n) is 5.50. The molecule has 0 aromatic carbocycles. The molecular formula is C20H25N5O4. The Labute approximate surface area is 169 Å². The topological polar surface area (TPSA) is 102 Å². The molecule has 29 heavy (non-hydrogen) atoms. The van der Waals surface area contributed by atoms with Gasteiger partial charge in [0.1, 0.15) is 5.69 Å². The number of hydrogen-bond acceptors (Lipinski definition) is 7. The van der Waals surface area contributed by atoms with Crippen LogP contribution < -0.4 is 0 Å². The average Bonchev–Trinajstić information content (AvgIpc) is 3.20. The van der Waals surface area contributed by atoms with Gasteiger partial charge < -0.3 is 19.1 Å². The predicted molar refractivity (Wildman–Crippen MR) is 102 cm³/mol. The lowest BCUT2D eigenvalue weighted by Crippen LogP contribution is -2.48. The van der Waals surface area contributed by atoms with E-state index in [1.165, 1.54) is 0 Å². The Kier molecular flexibility index (Phi) is 5.84. The highest BCUT2D eigenvalue weighted by Crippen LogP contribution is 2.27. The van der Waals surface area contributed by atoms with E-state index in [1.54, 1.807) is 34.2 Å². The predicted octanol–water partition coefficient (Wildman–Crippen LogP) is 1.13. The second-order valence-electron chi connectivity index (χ2n) is 7.57. The summed E-state index contributed by atoms with van der Waals surface area (Å²) in [6.07, 6.45) is 3.71. The molecular weight excluding hydrogens is 374 g/mol. The number of carbonyl (C=O) groups is 2. The molecule has 0 atom stereocenters. The van der Waals surface area contributed by atoms with Crippen molar-refractivity contribution in [3.05, 3.63) is 41.8 Å². The van der Waals surface area contributed by atoms with Crippen LogP contribution in [0.4, 0.5) is 0 Å². The second kappa shape index (κ2) is 8.69. The van der Waals surface area contributed by atoms with Crippen molar-refractivity contribution in [2.75, 3.05) is 39.9 Å². The Balaban J connectivity index is 1.24. The molecule has 2 amide bonds. The highest BCUT2D eigenvalue weighted by molar-refractivity contribution is 5.92. The van der Waals surface area contributed by atoms with Gasteiger partial charge in [0.2, 0.25) is 11.8 Å². The Hall–Kier alpha value is -2.81. The third-order valence-corrected chi connectivity index (χ3v) is 5.50. The molecule has 0 unspecified atom stereocenters. The van der Waals surface area contributed by atoms with E-state index in [0.29, 0.717) is 56.7 Å². The summed E-state index contributed by atoms with van der Waals surface area (Å²) in [5.41, 5.74) is 0.439. The molecule has 2 aromatic heterocycles. The number of likely N-dealkylation sites (tertiary alicyclic amines) is 1. The third kappa shape index (κ3) is 4.45. The van der Waals surface area contributed by atoms with E-state index >= 15 is 0 Å². The minimum absolute atomic E-state index is 0.0468. The lowest BCUT2D eigenvalue weighted by Gasteiger charge is -2.36. The van der Waals surface area contributed by atoms with Crippen LogP contribution in [0.1, 0.15) is 41.0 Å². The molecule has 2 aromatic rings. The van der Waals surface area contributed by atoms with Gasteiger partial charge in [-0.1, -0.05) is 11.2 Å². The van der Waals surface area contributed by atoms with E-state index in [2.05, 4.69) is 15.1 Å².